The molecule has 8 heteroatoms. The van der Waals surface area contributed by atoms with E-state index in [2.05, 4.69) is 5.32 Å². The van der Waals surface area contributed by atoms with Crippen LogP contribution in [0, 0.1) is 0 Å². The molecule has 7 nitrogen and oxygen atoms in total. The zero-order valence-corrected chi connectivity index (χ0v) is 12.4. The van der Waals surface area contributed by atoms with Gasteiger partial charge in [0.25, 0.3) is 10.9 Å². The lowest BCUT2D eigenvalue weighted by atomic mass is 10.2. The average Bonchev–Trinajstić information content (AvgIpc) is 2.40. The molecule has 0 amide bonds. The van der Waals surface area contributed by atoms with E-state index in [1.54, 1.807) is 13.0 Å². The fourth-order valence-electron chi connectivity index (χ4n) is 1.44. The molecule has 0 aliphatic carbocycles. The highest BCUT2D eigenvalue weighted by Crippen LogP contribution is 2.43. The maximum Gasteiger partial charge on any atom is 0.332 e. The highest BCUT2D eigenvalue weighted by atomic mass is 31.2. The SMILES string of the molecule is CCC(C)OP(=O)(O)CC=CCNc1c(N)c(=O)c1=O. The summed E-state index contributed by atoms with van der Waals surface area (Å²) in [5.74, 6) is 0. The van der Waals surface area contributed by atoms with E-state index in [4.69, 9.17) is 10.3 Å². The number of hydrogen-bond acceptors (Lipinski definition) is 6. The number of anilines is 2. The van der Waals surface area contributed by atoms with E-state index < -0.39 is 18.5 Å². The summed E-state index contributed by atoms with van der Waals surface area (Å²) in [4.78, 5) is 31.5. The molecule has 1 aromatic carbocycles. The van der Waals surface area contributed by atoms with Crippen molar-refractivity contribution >= 4 is 19.0 Å². The number of hydrogen-bond donors (Lipinski definition) is 3. The van der Waals surface area contributed by atoms with E-state index >= 15 is 0 Å². The number of rotatable bonds is 8. The van der Waals surface area contributed by atoms with E-state index in [9.17, 15) is 19.0 Å². The van der Waals surface area contributed by atoms with E-state index in [1.807, 2.05) is 6.92 Å². The van der Waals surface area contributed by atoms with Gasteiger partial charge in [0.15, 0.2) is 0 Å². The lowest BCUT2D eigenvalue weighted by Gasteiger charge is -2.15. The predicted octanol–water partition coefficient (Wildman–Crippen LogP) is 0.833. The fourth-order valence-corrected chi connectivity index (χ4v) is 2.65. The van der Waals surface area contributed by atoms with Gasteiger partial charge in [0.1, 0.15) is 11.4 Å². The second-order valence-corrected chi connectivity index (χ2v) is 6.29. The molecule has 0 aliphatic rings. The van der Waals surface area contributed by atoms with Crippen LogP contribution < -0.4 is 21.9 Å². The van der Waals surface area contributed by atoms with Crippen LogP contribution in [0.5, 0.6) is 0 Å². The van der Waals surface area contributed by atoms with Gasteiger partial charge in [-0.3, -0.25) is 14.2 Å². The minimum atomic E-state index is -3.63. The van der Waals surface area contributed by atoms with Crippen molar-refractivity contribution in [1.29, 1.82) is 0 Å². The summed E-state index contributed by atoms with van der Waals surface area (Å²) in [7, 11) is -3.63. The van der Waals surface area contributed by atoms with Gasteiger partial charge < -0.3 is 20.5 Å². The van der Waals surface area contributed by atoms with Crippen LogP contribution in [0.2, 0.25) is 0 Å². The summed E-state index contributed by atoms with van der Waals surface area (Å²) in [5, 5.41) is 2.67. The zero-order chi connectivity index (χ0) is 15.3. The Balaban J connectivity index is 2.38. The molecule has 0 saturated carbocycles. The summed E-state index contributed by atoms with van der Waals surface area (Å²) < 4.78 is 16.6. The number of nitrogens with one attached hydrogen (secondary N) is 1. The molecule has 0 aliphatic heterocycles. The largest absolute Gasteiger partial charge is 0.394 e. The first-order valence-corrected chi connectivity index (χ1v) is 8.02. The molecular weight excluding hydrogens is 283 g/mol. The van der Waals surface area contributed by atoms with Crippen LogP contribution in [0.1, 0.15) is 20.3 Å². The highest BCUT2D eigenvalue weighted by Gasteiger charge is 2.20. The van der Waals surface area contributed by atoms with Crippen molar-refractivity contribution in [3.05, 3.63) is 32.6 Å². The van der Waals surface area contributed by atoms with E-state index in [0.717, 1.165) is 0 Å². The molecule has 0 spiro atoms. The van der Waals surface area contributed by atoms with Gasteiger partial charge in [0.2, 0.25) is 0 Å². The first kappa shape index (κ1) is 16.6. The van der Waals surface area contributed by atoms with Gasteiger partial charge in [-0.1, -0.05) is 19.1 Å². The van der Waals surface area contributed by atoms with Crippen molar-refractivity contribution < 1.29 is 14.0 Å². The summed E-state index contributed by atoms with van der Waals surface area (Å²) in [6.07, 6.45) is 3.32. The Hall–Kier alpha value is -1.43. The van der Waals surface area contributed by atoms with Gasteiger partial charge in [0, 0.05) is 6.54 Å². The standard InChI is InChI=1S/C12H19N2O5P/c1-3-8(2)19-20(17,18)7-5-4-6-14-10-9(13)11(15)12(10)16/h4-5,8,14H,3,6-7,13H2,1-2H3,(H,17,18). The van der Waals surface area contributed by atoms with Crippen LogP contribution in [-0.4, -0.2) is 23.7 Å². The Morgan fingerprint density at radius 2 is 2.05 bits per heavy atom. The fraction of sp³-hybridized carbons (Fsp3) is 0.500. The molecule has 0 radical (unpaired) electrons. The van der Waals surface area contributed by atoms with Crippen LogP contribution in [0.25, 0.3) is 0 Å². The van der Waals surface area contributed by atoms with Gasteiger partial charge in [0.05, 0.1) is 12.3 Å². The van der Waals surface area contributed by atoms with Crippen LogP contribution >= 0.6 is 7.60 Å². The first-order valence-electron chi connectivity index (χ1n) is 6.26. The van der Waals surface area contributed by atoms with E-state index in [1.165, 1.54) is 6.08 Å². The first-order chi connectivity index (χ1) is 9.28. The van der Waals surface area contributed by atoms with Gasteiger partial charge in [-0.2, -0.15) is 0 Å². The molecular formula is C12H19N2O5P. The smallest absolute Gasteiger partial charge is 0.332 e. The Labute approximate surface area is 116 Å². The van der Waals surface area contributed by atoms with Crippen molar-refractivity contribution in [2.75, 3.05) is 23.8 Å². The van der Waals surface area contributed by atoms with Gasteiger partial charge >= 0.3 is 7.60 Å². The molecule has 0 fully saturated rings. The van der Waals surface area contributed by atoms with Crippen molar-refractivity contribution in [1.82, 2.24) is 0 Å². The minimum Gasteiger partial charge on any atom is -0.394 e. The quantitative estimate of drug-likeness (QED) is 0.370. The molecule has 0 aromatic heterocycles. The molecule has 0 bridgehead atoms. The molecule has 0 saturated heterocycles. The lowest BCUT2D eigenvalue weighted by Crippen LogP contribution is -2.37. The normalized spacial score (nSPS) is 16.4. The molecule has 2 atom stereocenters. The second-order valence-electron chi connectivity index (χ2n) is 4.44. The van der Waals surface area contributed by atoms with Crippen molar-refractivity contribution in [3.8, 4) is 0 Å². The molecule has 1 rings (SSSR count). The zero-order valence-electron chi connectivity index (χ0n) is 11.5. The Kier molecular flexibility index (Phi) is 5.68. The molecule has 2 unspecified atom stereocenters. The van der Waals surface area contributed by atoms with Crippen molar-refractivity contribution in [2.24, 2.45) is 0 Å². The lowest BCUT2D eigenvalue weighted by molar-refractivity contribution is 0.187. The maximum atomic E-state index is 11.6. The van der Waals surface area contributed by atoms with Gasteiger partial charge in [-0.05, 0) is 13.3 Å². The number of nitrogens with two attached hydrogens (primary N) is 1. The van der Waals surface area contributed by atoms with Crippen LogP contribution in [0.4, 0.5) is 11.4 Å². The Morgan fingerprint density at radius 3 is 2.60 bits per heavy atom. The average molecular weight is 302 g/mol. The third-order valence-corrected chi connectivity index (χ3v) is 4.13. The molecule has 0 heterocycles. The summed E-state index contributed by atoms with van der Waals surface area (Å²) in [5.41, 5.74) is 4.04. The molecule has 20 heavy (non-hydrogen) atoms. The van der Waals surface area contributed by atoms with Crippen molar-refractivity contribution in [2.45, 2.75) is 26.4 Å². The number of allylic oxidation sites excluding steroid dienone is 1. The highest BCUT2D eigenvalue weighted by molar-refractivity contribution is 7.53. The number of nitrogen functional groups attached to an aromatic ring is 1. The van der Waals surface area contributed by atoms with Gasteiger partial charge in [-0.15, -0.1) is 0 Å². The second kappa shape index (κ2) is 6.83. The van der Waals surface area contributed by atoms with Crippen molar-refractivity contribution in [3.63, 3.8) is 0 Å². The summed E-state index contributed by atoms with van der Waals surface area (Å²) in [6, 6.07) is 0. The molecule has 1 aromatic rings. The van der Waals surface area contributed by atoms with E-state index in [0.29, 0.717) is 6.42 Å². The monoisotopic (exact) mass is 302 g/mol. The van der Waals surface area contributed by atoms with Gasteiger partial charge in [-0.25, -0.2) is 0 Å². The Morgan fingerprint density at radius 1 is 1.40 bits per heavy atom. The third kappa shape index (κ3) is 4.30. The van der Waals surface area contributed by atoms with Crippen LogP contribution in [0.15, 0.2) is 21.7 Å². The Bertz CT molecular complexity index is 603. The maximum absolute atomic E-state index is 11.6. The molecule has 4 N–H and O–H groups in total. The van der Waals surface area contributed by atoms with Crippen LogP contribution in [-0.2, 0) is 9.09 Å². The van der Waals surface area contributed by atoms with Crippen LogP contribution in [0.3, 0.4) is 0 Å². The predicted molar refractivity (Wildman–Crippen MR) is 78.9 cm³/mol. The summed E-state index contributed by atoms with van der Waals surface area (Å²) >= 11 is 0. The summed E-state index contributed by atoms with van der Waals surface area (Å²) in [6.45, 7) is 3.82. The van der Waals surface area contributed by atoms with E-state index in [-0.39, 0.29) is 30.2 Å². The topological polar surface area (TPSA) is 119 Å². The minimum absolute atomic E-state index is 0.0728. The molecule has 112 valence electrons. The third-order valence-electron chi connectivity index (χ3n) is 2.77.